The van der Waals surface area contributed by atoms with Crippen molar-refractivity contribution in [1.82, 2.24) is 15.2 Å². The second-order valence-corrected chi connectivity index (χ2v) is 5.42. The highest BCUT2D eigenvalue weighted by Crippen LogP contribution is 2.40. The Kier molecular flexibility index (Phi) is 5.02. The number of nitrogens with one attached hydrogen (secondary N) is 2. The summed E-state index contributed by atoms with van der Waals surface area (Å²) in [5, 5.41) is 6.32. The molecule has 0 aromatic carbocycles. The number of carbonyl (C=O) groups is 1. The number of carbonyl (C=O) groups excluding carboxylic acids is 1. The fourth-order valence-electron chi connectivity index (χ4n) is 2.47. The minimum atomic E-state index is 0.100. The first-order valence-corrected chi connectivity index (χ1v) is 7.34. The molecule has 1 aliphatic carbocycles. The van der Waals surface area contributed by atoms with Gasteiger partial charge in [-0.3, -0.25) is 4.79 Å². The van der Waals surface area contributed by atoms with Gasteiger partial charge in [-0.15, -0.1) is 0 Å². The van der Waals surface area contributed by atoms with E-state index in [2.05, 4.69) is 29.8 Å². The summed E-state index contributed by atoms with van der Waals surface area (Å²) in [4.78, 5) is 11.7. The molecule has 1 saturated carbocycles. The lowest BCUT2D eigenvalue weighted by Crippen LogP contribution is -2.28. The van der Waals surface area contributed by atoms with Crippen LogP contribution in [0.1, 0.15) is 44.2 Å². The van der Waals surface area contributed by atoms with Gasteiger partial charge in [0.1, 0.15) is 6.54 Å². The van der Waals surface area contributed by atoms with Crippen LogP contribution in [0.2, 0.25) is 0 Å². The third-order valence-corrected chi connectivity index (χ3v) is 3.72. The van der Waals surface area contributed by atoms with Crippen molar-refractivity contribution in [2.24, 2.45) is 5.92 Å². The van der Waals surface area contributed by atoms with Gasteiger partial charge >= 0.3 is 0 Å². The molecule has 106 valence electrons. The molecule has 2 rings (SSSR count). The van der Waals surface area contributed by atoms with Gasteiger partial charge in [-0.25, -0.2) is 0 Å². The molecule has 1 unspecified atom stereocenters. The molecule has 1 amide bonds. The summed E-state index contributed by atoms with van der Waals surface area (Å²) in [5.41, 5.74) is 1.30. The van der Waals surface area contributed by atoms with Gasteiger partial charge in [0.25, 0.3) is 0 Å². The van der Waals surface area contributed by atoms with E-state index in [1.54, 1.807) is 0 Å². The molecule has 1 fully saturated rings. The summed E-state index contributed by atoms with van der Waals surface area (Å²) in [7, 11) is 2.01. The summed E-state index contributed by atoms with van der Waals surface area (Å²) in [6.45, 7) is 3.33. The zero-order chi connectivity index (χ0) is 13.7. The average molecular weight is 263 g/mol. The first kappa shape index (κ1) is 14.1. The molecule has 1 atom stereocenters. The van der Waals surface area contributed by atoms with E-state index in [1.165, 1.54) is 18.4 Å². The van der Waals surface area contributed by atoms with Crippen LogP contribution in [-0.2, 0) is 11.3 Å². The van der Waals surface area contributed by atoms with Gasteiger partial charge in [0.15, 0.2) is 0 Å². The highest BCUT2D eigenvalue weighted by molar-refractivity contribution is 5.75. The lowest BCUT2D eigenvalue weighted by Gasteiger charge is -2.13. The molecule has 1 aromatic heterocycles. The fraction of sp³-hybridized carbons (Fsp3) is 0.667. The Morgan fingerprint density at radius 3 is 2.95 bits per heavy atom. The summed E-state index contributed by atoms with van der Waals surface area (Å²) in [5.74, 6) is 0.877. The van der Waals surface area contributed by atoms with E-state index in [1.807, 2.05) is 17.8 Å². The second kappa shape index (κ2) is 6.75. The van der Waals surface area contributed by atoms with Crippen LogP contribution in [0.4, 0.5) is 0 Å². The molecule has 1 aromatic rings. The molecule has 0 spiro atoms. The average Bonchev–Trinajstić information content (AvgIpc) is 3.12. The molecule has 19 heavy (non-hydrogen) atoms. The molecule has 0 bridgehead atoms. The molecule has 0 saturated heterocycles. The second-order valence-electron chi connectivity index (χ2n) is 5.42. The van der Waals surface area contributed by atoms with Gasteiger partial charge in [0, 0.05) is 25.0 Å². The molecule has 1 aliphatic rings. The smallest absolute Gasteiger partial charge is 0.239 e. The first-order valence-electron chi connectivity index (χ1n) is 7.34. The summed E-state index contributed by atoms with van der Waals surface area (Å²) < 4.78 is 1.98. The molecule has 4 nitrogen and oxygen atoms in total. The Bertz CT molecular complexity index is 409. The van der Waals surface area contributed by atoms with Gasteiger partial charge in [-0.1, -0.05) is 13.3 Å². The zero-order valence-corrected chi connectivity index (χ0v) is 12.0. The van der Waals surface area contributed by atoms with Crippen molar-refractivity contribution in [2.45, 2.75) is 45.2 Å². The Morgan fingerprint density at radius 1 is 1.53 bits per heavy atom. The van der Waals surface area contributed by atoms with Gasteiger partial charge in [-0.05, 0) is 43.9 Å². The van der Waals surface area contributed by atoms with Gasteiger partial charge in [0.2, 0.25) is 5.91 Å². The minimum absolute atomic E-state index is 0.100. The predicted molar refractivity (Wildman–Crippen MR) is 76.9 cm³/mol. The van der Waals surface area contributed by atoms with Crippen LogP contribution in [0.3, 0.4) is 0 Å². The number of hydrogen-bond acceptors (Lipinski definition) is 2. The summed E-state index contributed by atoms with van der Waals surface area (Å²) in [6.07, 6.45) is 8.88. The van der Waals surface area contributed by atoms with Crippen LogP contribution >= 0.6 is 0 Å². The standard InChI is InChI=1S/C15H25N3O/c1-3-4-8-17-14(19)11-18-9-7-13(10-18)15(16-2)12-5-6-12/h7,9-10,12,15-16H,3-6,8,11H2,1-2H3,(H,17,19). The molecule has 1 heterocycles. The number of amides is 1. The number of hydrogen-bond donors (Lipinski definition) is 2. The maximum absolute atomic E-state index is 11.7. The van der Waals surface area contributed by atoms with E-state index in [-0.39, 0.29) is 5.91 Å². The third kappa shape index (κ3) is 4.10. The Morgan fingerprint density at radius 2 is 2.32 bits per heavy atom. The van der Waals surface area contributed by atoms with Crippen molar-refractivity contribution < 1.29 is 4.79 Å². The highest BCUT2D eigenvalue weighted by atomic mass is 16.1. The molecule has 0 radical (unpaired) electrons. The van der Waals surface area contributed by atoms with Crippen LogP contribution in [0.15, 0.2) is 18.5 Å². The number of nitrogens with zero attached hydrogens (tertiary/aromatic N) is 1. The number of rotatable bonds is 8. The molecular formula is C15H25N3O. The van der Waals surface area contributed by atoms with Crippen molar-refractivity contribution >= 4 is 5.91 Å². The number of aromatic nitrogens is 1. The van der Waals surface area contributed by atoms with Crippen molar-refractivity contribution in [2.75, 3.05) is 13.6 Å². The van der Waals surface area contributed by atoms with Crippen molar-refractivity contribution in [3.8, 4) is 0 Å². The van der Waals surface area contributed by atoms with Crippen LogP contribution in [0.25, 0.3) is 0 Å². The van der Waals surface area contributed by atoms with Gasteiger partial charge in [-0.2, -0.15) is 0 Å². The molecule has 0 aliphatic heterocycles. The maximum Gasteiger partial charge on any atom is 0.239 e. The van der Waals surface area contributed by atoms with Crippen molar-refractivity contribution in [3.05, 3.63) is 24.0 Å². The van der Waals surface area contributed by atoms with Gasteiger partial charge < -0.3 is 15.2 Å². The van der Waals surface area contributed by atoms with E-state index in [0.29, 0.717) is 12.6 Å². The molecular weight excluding hydrogens is 238 g/mol. The lowest BCUT2D eigenvalue weighted by molar-refractivity contribution is -0.121. The third-order valence-electron chi connectivity index (χ3n) is 3.72. The quantitative estimate of drug-likeness (QED) is 0.705. The first-order chi connectivity index (χ1) is 9.24. The van der Waals surface area contributed by atoms with Crippen molar-refractivity contribution in [3.63, 3.8) is 0 Å². The fourth-order valence-corrected chi connectivity index (χ4v) is 2.47. The number of unbranched alkanes of at least 4 members (excludes halogenated alkanes) is 1. The molecule has 4 heteroatoms. The summed E-state index contributed by atoms with van der Waals surface area (Å²) in [6, 6.07) is 2.57. The van der Waals surface area contributed by atoms with Crippen LogP contribution in [0.5, 0.6) is 0 Å². The highest BCUT2D eigenvalue weighted by Gasteiger charge is 2.31. The van der Waals surface area contributed by atoms with E-state index in [9.17, 15) is 4.79 Å². The van der Waals surface area contributed by atoms with E-state index < -0.39 is 0 Å². The van der Waals surface area contributed by atoms with Crippen LogP contribution in [0, 0.1) is 5.92 Å². The maximum atomic E-state index is 11.7. The summed E-state index contributed by atoms with van der Waals surface area (Å²) >= 11 is 0. The normalized spacial score (nSPS) is 16.3. The predicted octanol–water partition coefficient (Wildman–Crippen LogP) is 2.07. The van der Waals surface area contributed by atoms with E-state index >= 15 is 0 Å². The lowest BCUT2D eigenvalue weighted by atomic mass is 10.1. The Balaban J connectivity index is 1.84. The van der Waals surface area contributed by atoms with E-state index in [4.69, 9.17) is 0 Å². The van der Waals surface area contributed by atoms with Crippen molar-refractivity contribution in [1.29, 1.82) is 0 Å². The Hall–Kier alpha value is -1.29. The van der Waals surface area contributed by atoms with Gasteiger partial charge in [0.05, 0.1) is 0 Å². The largest absolute Gasteiger partial charge is 0.355 e. The minimum Gasteiger partial charge on any atom is -0.355 e. The van der Waals surface area contributed by atoms with Crippen LogP contribution < -0.4 is 10.6 Å². The Labute approximate surface area is 115 Å². The van der Waals surface area contributed by atoms with Crippen LogP contribution in [-0.4, -0.2) is 24.1 Å². The molecule has 2 N–H and O–H groups in total. The van der Waals surface area contributed by atoms with E-state index in [0.717, 1.165) is 25.3 Å². The monoisotopic (exact) mass is 263 g/mol. The topological polar surface area (TPSA) is 46.1 Å². The zero-order valence-electron chi connectivity index (χ0n) is 12.0. The SMILES string of the molecule is CCCCNC(=O)Cn1ccc(C(NC)C2CC2)c1.